The van der Waals surface area contributed by atoms with Gasteiger partial charge in [0.05, 0.1) is 0 Å². The summed E-state index contributed by atoms with van der Waals surface area (Å²) in [4.78, 5) is 21.8. The van der Waals surface area contributed by atoms with Crippen LogP contribution in [0.1, 0.15) is 27.4 Å². The molecule has 1 N–H and O–H groups in total. The molecule has 3 heterocycles. The van der Waals surface area contributed by atoms with Gasteiger partial charge in [0.15, 0.2) is 11.3 Å². The Kier molecular flexibility index (Phi) is 5.11. The third kappa shape index (κ3) is 4.05. The molecule has 28 heavy (non-hydrogen) atoms. The monoisotopic (exact) mass is 378 g/mol. The van der Waals surface area contributed by atoms with Gasteiger partial charge in [-0.3, -0.25) is 9.69 Å². The summed E-state index contributed by atoms with van der Waals surface area (Å²) in [6.07, 6.45) is 0. The summed E-state index contributed by atoms with van der Waals surface area (Å²) in [5.41, 5.74) is 4.94. The van der Waals surface area contributed by atoms with Crippen molar-refractivity contribution in [3.63, 3.8) is 0 Å². The molecule has 0 unspecified atom stereocenters. The Bertz CT molecular complexity index is 986. The van der Waals surface area contributed by atoms with Gasteiger partial charge in [-0.25, -0.2) is 9.50 Å². The SMILES string of the molecule is Cc1cc(C)n2nc(C(=O)Nc3ccc(CN4CCN(C)CC4)cc3)cc2n1. The van der Waals surface area contributed by atoms with E-state index in [0.717, 1.165) is 49.8 Å². The van der Waals surface area contributed by atoms with Gasteiger partial charge >= 0.3 is 0 Å². The number of carbonyl (C=O) groups excluding carboxylic acids is 1. The fraction of sp³-hybridized carbons (Fsp3) is 0.381. The van der Waals surface area contributed by atoms with Crippen molar-refractivity contribution < 1.29 is 4.79 Å². The summed E-state index contributed by atoms with van der Waals surface area (Å²) in [5, 5.41) is 7.31. The second-order valence-corrected chi connectivity index (χ2v) is 7.57. The summed E-state index contributed by atoms with van der Waals surface area (Å²) >= 11 is 0. The topological polar surface area (TPSA) is 65.8 Å². The van der Waals surface area contributed by atoms with Gasteiger partial charge in [-0.1, -0.05) is 12.1 Å². The van der Waals surface area contributed by atoms with E-state index in [0.29, 0.717) is 11.3 Å². The second kappa shape index (κ2) is 7.69. The minimum absolute atomic E-state index is 0.227. The first kappa shape index (κ1) is 18.6. The van der Waals surface area contributed by atoms with Crippen LogP contribution in [-0.4, -0.2) is 63.5 Å². The number of aryl methyl sites for hydroxylation is 2. The highest BCUT2D eigenvalue weighted by Crippen LogP contribution is 2.15. The van der Waals surface area contributed by atoms with Crippen molar-refractivity contribution in [3.05, 3.63) is 59.0 Å². The Morgan fingerprint density at radius 1 is 1.07 bits per heavy atom. The number of nitrogens with zero attached hydrogens (tertiary/aromatic N) is 5. The summed E-state index contributed by atoms with van der Waals surface area (Å²) in [6.45, 7) is 9.24. The lowest BCUT2D eigenvalue weighted by atomic mass is 10.1. The zero-order chi connectivity index (χ0) is 19.7. The van der Waals surface area contributed by atoms with Crippen molar-refractivity contribution in [1.82, 2.24) is 24.4 Å². The Morgan fingerprint density at radius 3 is 2.50 bits per heavy atom. The van der Waals surface area contributed by atoms with Crippen LogP contribution in [-0.2, 0) is 6.54 Å². The molecule has 0 aliphatic carbocycles. The average molecular weight is 378 g/mol. The average Bonchev–Trinajstić information content (AvgIpc) is 3.10. The summed E-state index contributed by atoms with van der Waals surface area (Å²) in [7, 11) is 2.16. The van der Waals surface area contributed by atoms with Crippen molar-refractivity contribution in [2.24, 2.45) is 0 Å². The molecule has 0 spiro atoms. The van der Waals surface area contributed by atoms with Crippen molar-refractivity contribution in [3.8, 4) is 0 Å². The summed E-state index contributed by atoms with van der Waals surface area (Å²) in [6, 6.07) is 11.7. The van der Waals surface area contributed by atoms with Gasteiger partial charge in [-0.2, -0.15) is 5.10 Å². The van der Waals surface area contributed by atoms with Gasteiger partial charge in [0.25, 0.3) is 5.91 Å². The molecular weight excluding hydrogens is 352 g/mol. The molecule has 1 aromatic carbocycles. The van der Waals surface area contributed by atoms with Gasteiger partial charge in [-0.05, 0) is 44.7 Å². The molecule has 0 radical (unpaired) electrons. The smallest absolute Gasteiger partial charge is 0.276 e. The van der Waals surface area contributed by atoms with E-state index >= 15 is 0 Å². The zero-order valence-electron chi connectivity index (χ0n) is 16.6. The predicted octanol–water partition coefficient (Wildman–Crippen LogP) is 2.35. The van der Waals surface area contributed by atoms with Crippen LogP contribution < -0.4 is 5.32 Å². The summed E-state index contributed by atoms with van der Waals surface area (Å²) in [5.74, 6) is -0.227. The lowest BCUT2D eigenvalue weighted by molar-refractivity contribution is 0.102. The maximum Gasteiger partial charge on any atom is 0.276 e. The molecule has 1 saturated heterocycles. The highest BCUT2D eigenvalue weighted by Gasteiger charge is 2.15. The van der Waals surface area contributed by atoms with Crippen LogP contribution in [0.4, 0.5) is 5.69 Å². The number of amides is 1. The lowest BCUT2D eigenvalue weighted by Gasteiger charge is -2.32. The number of fused-ring (bicyclic) bond motifs is 1. The van der Waals surface area contributed by atoms with E-state index in [1.54, 1.807) is 10.6 Å². The minimum Gasteiger partial charge on any atom is -0.321 e. The lowest BCUT2D eigenvalue weighted by Crippen LogP contribution is -2.43. The van der Waals surface area contributed by atoms with Crippen LogP contribution in [0.25, 0.3) is 5.65 Å². The van der Waals surface area contributed by atoms with Crippen molar-refractivity contribution in [1.29, 1.82) is 0 Å². The number of anilines is 1. The van der Waals surface area contributed by atoms with Gasteiger partial charge in [0.1, 0.15) is 0 Å². The number of nitrogens with one attached hydrogen (secondary N) is 1. The van der Waals surface area contributed by atoms with Crippen molar-refractivity contribution >= 4 is 17.2 Å². The minimum atomic E-state index is -0.227. The number of likely N-dealkylation sites (N-methyl/N-ethyl adjacent to an activating group) is 1. The largest absolute Gasteiger partial charge is 0.321 e. The highest BCUT2D eigenvalue weighted by atomic mass is 16.1. The molecule has 1 amide bonds. The standard InChI is InChI=1S/C21H26N6O/c1-15-12-16(2)27-20(22-15)13-19(24-27)21(28)23-18-6-4-17(5-7-18)14-26-10-8-25(3)9-11-26/h4-7,12-13H,8-11,14H2,1-3H3,(H,23,28). The van der Waals surface area contributed by atoms with Gasteiger partial charge in [0.2, 0.25) is 0 Å². The molecule has 4 rings (SSSR count). The molecule has 2 aromatic heterocycles. The number of hydrogen-bond donors (Lipinski definition) is 1. The molecule has 3 aromatic rings. The summed E-state index contributed by atoms with van der Waals surface area (Å²) < 4.78 is 1.70. The molecule has 0 bridgehead atoms. The molecule has 0 atom stereocenters. The van der Waals surface area contributed by atoms with Gasteiger partial charge < -0.3 is 10.2 Å². The van der Waals surface area contributed by atoms with Gasteiger partial charge in [0, 0.05) is 55.9 Å². The Balaban J connectivity index is 1.41. The zero-order valence-corrected chi connectivity index (χ0v) is 16.6. The molecule has 1 aliphatic rings. The first-order valence-electron chi connectivity index (χ1n) is 9.63. The van der Waals surface area contributed by atoms with Crippen molar-refractivity contribution in [2.75, 3.05) is 38.5 Å². The number of benzene rings is 1. The predicted molar refractivity (Wildman–Crippen MR) is 110 cm³/mol. The fourth-order valence-electron chi connectivity index (χ4n) is 3.55. The fourth-order valence-corrected chi connectivity index (χ4v) is 3.55. The van der Waals surface area contributed by atoms with Crippen LogP contribution in [0.5, 0.6) is 0 Å². The molecule has 7 heteroatoms. The Morgan fingerprint density at radius 2 is 1.79 bits per heavy atom. The molecule has 1 aliphatic heterocycles. The Labute approximate surface area is 165 Å². The number of hydrogen-bond acceptors (Lipinski definition) is 5. The van der Waals surface area contributed by atoms with Crippen LogP contribution >= 0.6 is 0 Å². The third-order valence-electron chi connectivity index (χ3n) is 5.18. The van der Waals surface area contributed by atoms with Crippen molar-refractivity contribution in [2.45, 2.75) is 20.4 Å². The van der Waals surface area contributed by atoms with E-state index in [-0.39, 0.29) is 5.91 Å². The first-order chi connectivity index (χ1) is 13.5. The maximum atomic E-state index is 12.6. The number of carbonyl (C=O) groups is 1. The highest BCUT2D eigenvalue weighted by molar-refractivity contribution is 6.03. The second-order valence-electron chi connectivity index (χ2n) is 7.57. The van der Waals surface area contributed by atoms with Gasteiger partial charge in [-0.15, -0.1) is 0 Å². The van der Waals surface area contributed by atoms with E-state index in [9.17, 15) is 4.79 Å². The number of rotatable bonds is 4. The van der Waals surface area contributed by atoms with E-state index in [1.807, 2.05) is 32.0 Å². The van der Waals surface area contributed by atoms with Crippen LogP contribution in [0.3, 0.4) is 0 Å². The molecule has 146 valence electrons. The quantitative estimate of drug-likeness (QED) is 0.755. The first-order valence-corrected chi connectivity index (χ1v) is 9.63. The normalized spacial score (nSPS) is 15.8. The molecular formula is C21H26N6O. The molecule has 7 nitrogen and oxygen atoms in total. The molecule has 1 fully saturated rings. The van der Waals surface area contributed by atoms with E-state index in [2.05, 4.69) is 44.4 Å². The van der Waals surface area contributed by atoms with E-state index in [1.165, 1.54) is 5.56 Å². The van der Waals surface area contributed by atoms with E-state index in [4.69, 9.17) is 0 Å². The number of aromatic nitrogens is 3. The van der Waals surface area contributed by atoms with Crippen LogP contribution in [0.15, 0.2) is 36.4 Å². The van der Waals surface area contributed by atoms with Crippen LogP contribution in [0, 0.1) is 13.8 Å². The van der Waals surface area contributed by atoms with Crippen LogP contribution in [0.2, 0.25) is 0 Å². The number of piperazine rings is 1. The third-order valence-corrected chi connectivity index (χ3v) is 5.18. The van der Waals surface area contributed by atoms with E-state index < -0.39 is 0 Å². The molecule has 0 saturated carbocycles. The Hall–Kier alpha value is -2.77. The maximum absolute atomic E-state index is 12.6.